The molecule has 1 amide bonds. The zero-order valence-corrected chi connectivity index (χ0v) is 11.2. The van der Waals surface area contributed by atoms with Crippen molar-refractivity contribution in [1.82, 2.24) is 15.1 Å². The van der Waals surface area contributed by atoms with E-state index in [0.717, 1.165) is 29.6 Å². The number of amides is 1. The second-order valence-electron chi connectivity index (χ2n) is 5.06. The first-order valence-electron chi connectivity index (χ1n) is 6.52. The molecule has 1 unspecified atom stereocenters. The van der Waals surface area contributed by atoms with E-state index in [1.807, 2.05) is 25.2 Å². The van der Waals surface area contributed by atoms with Gasteiger partial charge in [0.05, 0.1) is 17.2 Å². The molecule has 106 valence electrons. The molecular weight excluding hydrogens is 258 g/mol. The number of nitrogen functional groups attached to an aromatic ring is 1. The monoisotopic (exact) mass is 275 g/mol. The number of carboxylic acid groups (broad SMARTS) is 1. The fourth-order valence-corrected chi connectivity index (χ4v) is 2.87. The van der Waals surface area contributed by atoms with Gasteiger partial charge in [-0.2, -0.15) is 5.10 Å². The summed E-state index contributed by atoms with van der Waals surface area (Å²) in [5, 5.41) is 16.5. The molecule has 1 aromatic heterocycles. The Balaban J connectivity index is 1.94. The van der Waals surface area contributed by atoms with Crippen molar-refractivity contribution in [3.8, 4) is 0 Å². The number of rotatable bonds is 2. The highest BCUT2D eigenvalue weighted by atomic mass is 16.4. The van der Waals surface area contributed by atoms with Crippen LogP contribution in [0, 0.1) is 0 Å². The van der Waals surface area contributed by atoms with Gasteiger partial charge in [-0.3, -0.25) is 4.68 Å². The Morgan fingerprint density at radius 3 is 3.10 bits per heavy atom. The van der Waals surface area contributed by atoms with Crippen LogP contribution in [0.5, 0.6) is 0 Å². The average Bonchev–Trinajstić information content (AvgIpc) is 2.95. The number of fused-ring (bicyclic) bond motifs is 1. The fourth-order valence-electron chi connectivity index (χ4n) is 2.87. The third-order valence-electron chi connectivity index (χ3n) is 3.73. The Labute approximate surface area is 116 Å². The van der Waals surface area contributed by atoms with Crippen molar-refractivity contribution < 1.29 is 9.90 Å². The molecule has 2 aromatic rings. The van der Waals surface area contributed by atoms with Crippen molar-refractivity contribution in [2.45, 2.75) is 12.5 Å². The van der Waals surface area contributed by atoms with Crippen LogP contribution in [-0.2, 0) is 7.05 Å². The molecule has 1 aromatic carbocycles. The zero-order valence-electron chi connectivity index (χ0n) is 11.2. The number of aromatic nitrogens is 2. The fraction of sp³-hybridized carbons (Fsp3) is 0.385. The lowest BCUT2D eigenvalue weighted by molar-refractivity contribution is 0.191. The lowest BCUT2D eigenvalue weighted by atomic mass is 10.2. The first kappa shape index (κ1) is 12.6. The van der Waals surface area contributed by atoms with Gasteiger partial charge in [0.1, 0.15) is 0 Å². The summed E-state index contributed by atoms with van der Waals surface area (Å²) < 4.78 is 1.78. The van der Waals surface area contributed by atoms with Crippen LogP contribution in [0.3, 0.4) is 0 Å². The van der Waals surface area contributed by atoms with Crippen molar-refractivity contribution in [2.24, 2.45) is 7.05 Å². The van der Waals surface area contributed by atoms with Crippen molar-refractivity contribution in [3.05, 3.63) is 18.2 Å². The Bertz CT molecular complexity index is 666. The molecule has 1 aliphatic rings. The summed E-state index contributed by atoms with van der Waals surface area (Å²) in [6.45, 7) is 1.48. The second-order valence-corrected chi connectivity index (χ2v) is 5.06. The van der Waals surface area contributed by atoms with Crippen molar-refractivity contribution >= 4 is 28.5 Å². The molecule has 1 fully saturated rings. The minimum absolute atomic E-state index is 0.0340. The molecule has 0 radical (unpaired) electrons. The Morgan fingerprint density at radius 1 is 1.55 bits per heavy atom. The highest BCUT2D eigenvalue weighted by Gasteiger charge is 2.26. The van der Waals surface area contributed by atoms with Crippen LogP contribution in [0.2, 0.25) is 0 Å². The van der Waals surface area contributed by atoms with Crippen LogP contribution in [-0.4, -0.2) is 40.1 Å². The Hall–Kier alpha value is -2.44. The first-order chi connectivity index (χ1) is 9.56. The number of para-hydroxylation sites is 1. The lowest BCUT2D eigenvalue weighted by Crippen LogP contribution is -2.36. The number of carbonyl (C=O) groups is 1. The smallest absolute Gasteiger partial charge is 0.404 e. The van der Waals surface area contributed by atoms with Gasteiger partial charge < -0.3 is 21.1 Å². The molecule has 1 atom stereocenters. The Morgan fingerprint density at radius 2 is 2.35 bits per heavy atom. The number of aryl methyl sites for hydroxylation is 1. The predicted octanol–water partition coefficient (Wildman–Crippen LogP) is 1.00. The van der Waals surface area contributed by atoms with Crippen LogP contribution >= 0.6 is 0 Å². The summed E-state index contributed by atoms with van der Waals surface area (Å²) in [5.74, 6) is 0.517. The van der Waals surface area contributed by atoms with Crippen LogP contribution in [0.4, 0.5) is 16.3 Å². The largest absolute Gasteiger partial charge is 0.465 e. The maximum atomic E-state index is 10.7. The molecule has 0 bridgehead atoms. The summed E-state index contributed by atoms with van der Waals surface area (Å²) in [4.78, 5) is 12.9. The van der Waals surface area contributed by atoms with Crippen LogP contribution < -0.4 is 16.0 Å². The molecule has 7 heteroatoms. The van der Waals surface area contributed by atoms with Gasteiger partial charge in [0.25, 0.3) is 0 Å². The molecule has 0 aliphatic carbocycles. The maximum absolute atomic E-state index is 10.7. The molecule has 2 heterocycles. The quantitative estimate of drug-likeness (QED) is 0.760. The lowest BCUT2D eigenvalue weighted by Gasteiger charge is -2.20. The number of nitrogens with one attached hydrogen (secondary N) is 1. The van der Waals surface area contributed by atoms with Gasteiger partial charge >= 0.3 is 6.09 Å². The summed E-state index contributed by atoms with van der Waals surface area (Å²) >= 11 is 0. The van der Waals surface area contributed by atoms with Gasteiger partial charge in [-0.15, -0.1) is 0 Å². The predicted molar refractivity (Wildman–Crippen MR) is 76.9 cm³/mol. The summed E-state index contributed by atoms with van der Waals surface area (Å²) in [6, 6.07) is 5.89. The normalized spacial score (nSPS) is 18.6. The van der Waals surface area contributed by atoms with E-state index in [9.17, 15) is 4.79 Å². The standard InChI is InChI=1S/C13H17N5O2/c1-17-11-9(12(14)16-17)3-2-4-10(11)18-6-5-8(7-18)15-13(19)20/h2-4,8,15H,5-7H2,1H3,(H2,14,16)(H,19,20). The van der Waals surface area contributed by atoms with Crippen LogP contribution in [0.15, 0.2) is 18.2 Å². The molecule has 7 nitrogen and oxygen atoms in total. The van der Waals surface area contributed by atoms with E-state index in [-0.39, 0.29) is 6.04 Å². The number of hydrogen-bond acceptors (Lipinski definition) is 4. The van der Waals surface area contributed by atoms with E-state index in [2.05, 4.69) is 15.3 Å². The first-order valence-corrected chi connectivity index (χ1v) is 6.52. The SMILES string of the molecule is Cn1nc(N)c2cccc(N3CCC(NC(=O)O)C3)c21. The molecule has 0 saturated carbocycles. The molecule has 20 heavy (non-hydrogen) atoms. The summed E-state index contributed by atoms with van der Waals surface area (Å²) in [5.41, 5.74) is 7.93. The van der Waals surface area contributed by atoms with Gasteiger partial charge in [0, 0.05) is 25.5 Å². The topological polar surface area (TPSA) is 96.4 Å². The number of nitrogens with zero attached hydrogens (tertiary/aromatic N) is 3. The molecule has 1 saturated heterocycles. The minimum atomic E-state index is -0.972. The molecule has 3 rings (SSSR count). The number of anilines is 2. The van der Waals surface area contributed by atoms with Gasteiger partial charge in [0.2, 0.25) is 0 Å². The molecule has 4 N–H and O–H groups in total. The zero-order chi connectivity index (χ0) is 14.3. The highest BCUT2D eigenvalue weighted by molar-refractivity contribution is 5.97. The summed E-state index contributed by atoms with van der Waals surface area (Å²) in [6.07, 6.45) is -0.171. The van der Waals surface area contributed by atoms with Crippen LogP contribution in [0.25, 0.3) is 10.9 Å². The maximum Gasteiger partial charge on any atom is 0.404 e. The molecule has 1 aliphatic heterocycles. The number of benzene rings is 1. The third-order valence-corrected chi connectivity index (χ3v) is 3.73. The second kappa shape index (κ2) is 4.59. The number of hydrogen-bond donors (Lipinski definition) is 3. The third kappa shape index (κ3) is 2.01. The van der Waals surface area contributed by atoms with E-state index >= 15 is 0 Å². The van der Waals surface area contributed by atoms with E-state index in [0.29, 0.717) is 12.4 Å². The van der Waals surface area contributed by atoms with Gasteiger partial charge in [-0.1, -0.05) is 6.07 Å². The van der Waals surface area contributed by atoms with E-state index in [1.54, 1.807) is 4.68 Å². The highest BCUT2D eigenvalue weighted by Crippen LogP contribution is 2.31. The number of nitrogens with two attached hydrogens (primary N) is 1. The van der Waals surface area contributed by atoms with Gasteiger partial charge in [-0.25, -0.2) is 4.79 Å². The van der Waals surface area contributed by atoms with Crippen LogP contribution in [0.1, 0.15) is 6.42 Å². The van der Waals surface area contributed by atoms with E-state index < -0.39 is 6.09 Å². The average molecular weight is 275 g/mol. The van der Waals surface area contributed by atoms with Gasteiger partial charge in [0.15, 0.2) is 5.82 Å². The summed E-state index contributed by atoms with van der Waals surface area (Å²) in [7, 11) is 1.87. The van der Waals surface area contributed by atoms with Crippen molar-refractivity contribution in [3.63, 3.8) is 0 Å². The van der Waals surface area contributed by atoms with E-state index in [1.165, 1.54) is 0 Å². The molecular formula is C13H17N5O2. The van der Waals surface area contributed by atoms with Crippen molar-refractivity contribution in [1.29, 1.82) is 0 Å². The minimum Gasteiger partial charge on any atom is -0.465 e. The van der Waals surface area contributed by atoms with Crippen molar-refractivity contribution in [2.75, 3.05) is 23.7 Å². The van der Waals surface area contributed by atoms with Gasteiger partial charge in [-0.05, 0) is 18.6 Å². The van der Waals surface area contributed by atoms with E-state index in [4.69, 9.17) is 10.8 Å². The molecule has 0 spiro atoms. The Kier molecular flexibility index (Phi) is 2.89.